The van der Waals surface area contributed by atoms with Crippen molar-refractivity contribution in [2.45, 2.75) is 0 Å². The maximum Gasteiger partial charge on any atom is 0.255 e. The number of hydrogen-bond acceptors (Lipinski definition) is 2. The van der Waals surface area contributed by atoms with Crippen LogP contribution in [0.25, 0.3) is 0 Å². The fourth-order valence-corrected chi connectivity index (χ4v) is 1.67. The lowest BCUT2D eigenvalue weighted by Crippen LogP contribution is -2.13. The highest BCUT2D eigenvalue weighted by molar-refractivity contribution is 6.32. The van der Waals surface area contributed by atoms with Gasteiger partial charge in [0.15, 0.2) is 11.6 Å². The first-order valence-corrected chi connectivity index (χ1v) is 5.70. The van der Waals surface area contributed by atoms with Gasteiger partial charge in [-0.2, -0.15) is 0 Å². The van der Waals surface area contributed by atoms with Gasteiger partial charge in [-0.15, -0.1) is 0 Å². The summed E-state index contributed by atoms with van der Waals surface area (Å²) in [5, 5.41) is 11.1. The fourth-order valence-electron chi connectivity index (χ4n) is 1.49. The first-order chi connectivity index (χ1) is 9.38. The van der Waals surface area contributed by atoms with Gasteiger partial charge in [-0.1, -0.05) is 11.6 Å². The third kappa shape index (κ3) is 2.85. The summed E-state index contributed by atoms with van der Waals surface area (Å²) < 4.78 is 39.3. The summed E-state index contributed by atoms with van der Waals surface area (Å²) in [6.07, 6.45) is 0. The third-order valence-electron chi connectivity index (χ3n) is 2.45. The molecular formula is C13H7ClF3NO2. The van der Waals surface area contributed by atoms with Crippen molar-refractivity contribution in [2.75, 3.05) is 5.32 Å². The van der Waals surface area contributed by atoms with E-state index >= 15 is 0 Å². The van der Waals surface area contributed by atoms with Crippen molar-refractivity contribution in [2.24, 2.45) is 0 Å². The second-order valence-electron chi connectivity index (χ2n) is 3.87. The number of rotatable bonds is 2. The Balaban J connectivity index is 2.30. The summed E-state index contributed by atoms with van der Waals surface area (Å²) in [7, 11) is 0. The van der Waals surface area contributed by atoms with E-state index in [4.69, 9.17) is 11.6 Å². The summed E-state index contributed by atoms with van der Waals surface area (Å²) in [4.78, 5) is 11.8. The summed E-state index contributed by atoms with van der Waals surface area (Å²) >= 11 is 5.62. The van der Waals surface area contributed by atoms with Gasteiger partial charge in [0, 0.05) is 17.7 Å². The molecule has 0 aliphatic heterocycles. The van der Waals surface area contributed by atoms with Gasteiger partial charge in [-0.05, 0) is 18.2 Å². The number of carbonyl (C=O) groups excluding carboxylic acids is 1. The molecule has 0 aliphatic rings. The Morgan fingerprint density at radius 3 is 2.50 bits per heavy atom. The maximum absolute atomic E-state index is 13.4. The molecule has 0 saturated carbocycles. The number of hydrogen-bond donors (Lipinski definition) is 2. The minimum Gasteiger partial charge on any atom is -0.506 e. The number of amides is 1. The predicted molar refractivity (Wildman–Crippen MR) is 67.4 cm³/mol. The number of benzene rings is 2. The molecule has 0 heterocycles. The minimum absolute atomic E-state index is 0.00290. The molecule has 1 amide bonds. The van der Waals surface area contributed by atoms with Gasteiger partial charge in [0.05, 0.1) is 10.7 Å². The zero-order valence-electron chi connectivity index (χ0n) is 9.75. The van der Waals surface area contributed by atoms with E-state index in [0.717, 1.165) is 6.07 Å². The van der Waals surface area contributed by atoms with E-state index in [2.05, 4.69) is 0 Å². The van der Waals surface area contributed by atoms with Crippen LogP contribution in [-0.4, -0.2) is 11.0 Å². The summed E-state index contributed by atoms with van der Waals surface area (Å²) in [5.74, 6) is -4.86. The Bertz CT molecular complexity index is 692. The molecular weight excluding hydrogens is 295 g/mol. The van der Waals surface area contributed by atoms with Crippen LogP contribution in [0.3, 0.4) is 0 Å². The van der Waals surface area contributed by atoms with Crippen LogP contribution in [0.1, 0.15) is 10.4 Å². The molecule has 2 N–H and O–H groups in total. The zero-order valence-corrected chi connectivity index (χ0v) is 10.5. The molecule has 0 spiro atoms. The summed E-state index contributed by atoms with van der Waals surface area (Å²) in [6, 6.07) is 4.55. The van der Waals surface area contributed by atoms with Crippen molar-refractivity contribution >= 4 is 23.2 Å². The lowest BCUT2D eigenvalue weighted by Gasteiger charge is -2.08. The van der Waals surface area contributed by atoms with Gasteiger partial charge in [0.2, 0.25) is 0 Å². The largest absolute Gasteiger partial charge is 0.506 e. The Morgan fingerprint density at radius 2 is 1.85 bits per heavy atom. The number of halogens is 4. The van der Waals surface area contributed by atoms with Crippen LogP contribution in [0.4, 0.5) is 18.9 Å². The molecule has 104 valence electrons. The number of phenolic OH excluding ortho intramolecular Hbond substituents is 1. The molecule has 3 nitrogen and oxygen atoms in total. The molecule has 0 saturated heterocycles. The number of anilines is 1. The molecule has 0 unspecified atom stereocenters. The Labute approximate surface area is 116 Å². The van der Waals surface area contributed by atoms with Crippen LogP contribution >= 0.6 is 11.6 Å². The van der Waals surface area contributed by atoms with Gasteiger partial charge in [-0.25, -0.2) is 13.2 Å². The SMILES string of the molecule is O=C(Nc1cc(F)cc(F)c1F)c1ccc(O)c(Cl)c1. The highest BCUT2D eigenvalue weighted by atomic mass is 35.5. The first-order valence-electron chi connectivity index (χ1n) is 5.33. The number of carbonyl (C=O) groups is 1. The maximum atomic E-state index is 13.4. The smallest absolute Gasteiger partial charge is 0.255 e. The molecule has 0 fully saturated rings. The minimum atomic E-state index is -1.41. The quantitative estimate of drug-likeness (QED) is 0.831. The van der Waals surface area contributed by atoms with E-state index in [9.17, 15) is 23.1 Å². The van der Waals surface area contributed by atoms with Crippen molar-refractivity contribution in [1.29, 1.82) is 0 Å². The van der Waals surface area contributed by atoms with Crippen molar-refractivity contribution in [3.8, 4) is 5.75 Å². The third-order valence-corrected chi connectivity index (χ3v) is 2.75. The lowest BCUT2D eigenvalue weighted by molar-refractivity contribution is 0.102. The molecule has 0 bridgehead atoms. The predicted octanol–water partition coefficient (Wildman–Crippen LogP) is 3.72. The first kappa shape index (κ1) is 14.2. The molecule has 7 heteroatoms. The average Bonchev–Trinajstić information content (AvgIpc) is 2.38. The van der Waals surface area contributed by atoms with E-state index in [1.807, 2.05) is 5.32 Å². The zero-order chi connectivity index (χ0) is 14.9. The van der Waals surface area contributed by atoms with Crippen LogP contribution in [0.15, 0.2) is 30.3 Å². The van der Waals surface area contributed by atoms with E-state index in [0.29, 0.717) is 12.1 Å². The molecule has 0 atom stereocenters. The normalized spacial score (nSPS) is 10.4. The van der Waals surface area contributed by atoms with Crippen molar-refractivity contribution in [3.63, 3.8) is 0 Å². The Kier molecular flexibility index (Phi) is 3.85. The Hall–Kier alpha value is -2.21. The van der Waals surface area contributed by atoms with Gasteiger partial charge < -0.3 is 10.4 Å². The number of phenols is 1. The number of nitrogens with one attached hydrogen (secondary N) is 1. The van der Waals surface area contributed by atoms with Gasteiger partial charge in [0.25, 0.3) is 5.91 Å². The molecule has 0 aliphatic carbocycles. The number of aromatic hydroxyl groups is 1. The average molecular weight is 302 g/mol. The molecule has 20 heavy (non-hydrogen) atoms. The summed E-state index contributed by atoms with van der Waals surface area (Å²) in [6.45, 7) is 0. The molecule has 0 radical (unpaired) electrons. The van der Waals surface area contributed by atoms with Crippen LogP contribution in [-0.2, 0) is 0 Å². The standard InChI is InChI=1S/C13H7ClF3NO2/c14-8-3-6(1-2-11(8)19)13(20)18-10-5-7(15)4-9(16)12(10)17/h1-5,19H,(H,18,20). The highest BCUT2D eigenvalue weighted by Crippen LogP contribution is 2.25. The van der Waals surface area contributed by atoms with Crippen molar-refractivity contribution in [1.82, 2.24) is 0 Å². The van der Waals surface area contributed by atoms with E-state index < -0.39 is 29.0 Å². The molecule has 2 aromatic rings. The highest BCUT2D eigenvalue weighted by Gasteiger charge is 2.15. The van der Waals surface area contributed by atoms with Crippen LogP contribution < -0.4 is 5.32 Å². The lowest BCUT2D eigenvalue weighted by atomic mass is 10.2. The van der Waals surface area contributed by atoms with Gasteiger partial charge >= 0.3 is 0 Å². The molecule has 2 rings (SSSR count). The van der Waals surface area contributed by atoms with Crippen LogP contribution in [0.5, 0.6) is 5.75 Å². The van der Waals surface area contributed by atoms with E-state index in [1.54, 1.807) is 0 Å². The van der Waals surface area contributed by atoms with Crippen molar-refractivity contribution in [3.05, 3.63) is 58.4 Å². The fraction of sp³-hybridized carbons (Fsp3) is 0. The second-order valence-corrected chi connectivity index (χ2v) is 4.28. The van der Waals surface area contributed by atoms with Crippen LogP contribution in [0, 0.1) is 17.5 Å². The van der Waals surface area contributed by atoms with Gasteiger partial charge in [-0.3, -0.25) is 4.79 Å². The van der Waals surface area contributed by atoms with Crippen LogP contribution in [0.2, 0.25) is 5.02 Å². The molecule has 2 aromatic carbocycles. The van der Waals surface area contributed by atoms with Crippen molar-refractivity contribution < 1.29 is 23.1 Å². The van der Waals surface area contributed by atoms with Gasteiger partial charge in [0.1, 0.15) is 11.6 Å². The van der Waals surface area contributed by atoms with E-state index in [-0.39, 0.29) is 16.3 Å². The molecule has 0 aromatic heterocycles. The second kappa shape index (κ2) is 5.42. The van der Waals surface area contributed by atoms with E-state index in [1.165, 1.54) is 12.1 Å². The monoisotopic (exact) mass is 301 g/mol. The topological polar surface area (TPSA) is 49.3 Å². The summed E-state index contributed by atoms with van der Waals surface area (Å²) in [5.41, 5.74) is -0.631. The Morgan fingerprint density at radius 1 is 1.15 bits per heavy atom.